The lowest BCUT2D eigenvalue weighted by molar-refractivity contribution is -0.0325. The summed E-state index contributed by atoms with van der Waals surface area (Å²) in [6.07, 6.45) is 6.18. The van der Waals surface area contributed by atoms with Crippen LogP contribution in [-0.4, -0.2) is 19.7 Å². The van der Waals surface area contributed by atoms with E-state index in [1.54, 1.807) is 25.3 Å². The number of pyridine rings is 1. The summed E-state index contributed by atoms with van der Waals surface area (Å²) >= 11 is 0. The van der Waals surface area contributed by atoms with Crippen molar-refractivity contribution in [3.05, 3.63) is 64.0 Å². The maximum atomic E-state index is 11.8. The molecule has 3 heterocycles. The van der Waals surface area contributed by atoms with Crippen LogP contribution in [0.4, 0.5) is 0 Å². The van der Waals surface area contributed by atoms with E-state index in [1.165, 1.54) is 28.5 Å². The second kappa shape index (κ2) is 6.06. The molecule has 3 aromatic rings. The molecule has 0 atom stereocenters. The Hall–Kier alpha value is -2.93. The van der Waals surface area contributed by atoms with Crippen LogP contribution in [0.25, 0.3) is 5.69 Å². The van der Waals surface area contributed by atoms with E-state index >= 15 is 0 Å². The highest BCUT2D eigenvalue weighted by atomic mass is 16.5. The summed E-state index contributed by atoms with van der Waals surface area (Å²) in [5, 5.41) is 6.33. The number of ether oxygens (including phenoxy) is 2. The third kappa shape index (κ3) is 2.66. The summed E-state index contributed by atoms with van der Waals surface area (Å²) in [4.78, 5) is 16.2. The molecule has 0 unspecified atom stereocenters. The van der Waals surface area contributed by atoms with Crippen LogP contribution in [-0.2, 0) is 16.9 Å². The number of nitrogens with zero attached hydrogens (tertiary/aromatic N) is 3. The molecule has 1 fully saturated rings. The Morgan fingerprint density at radius 3 is 2.78 bits per heavy atom. The molecule has 1 aliphatic carbocycles. The van der Waals surface area contributed by atoms with Gasteiger partial charge >= 0.3 is 5.69 Å². The summed E-state index contributed by atoms with van der Waals surface area (Å²) in [5.74, 6) is 1.81. The van der Waals surface area contributed by atoms with E-state index in [9.17, 15) is 4.79 Å². The second-order valence-corrected chi connectivity index (χ2v) is 7.18. The predicted molar refractivity (Wildman–Crippen MR) is 98.2 cm³/mol. The van der Waals surface area contributed by atoms with Gasteiger partial charge in [-0.3, -0.25) is 0 Å². The number of rotatable bonds is 3. The molecule has 0 saturated heterocycles. The largest absolute Gasteiger partial charge is 0.439 e. The van der Waals surface area contributed by atoms with E-state index in [0.717, 1.165) is 18.6 Å². The highest BCUT2D eigenvalue weighted by molar-refractivity contribution is 5.43. The van der Waals surface area contributed by atoms with Gasteiger partial charge in [0, 0.05) is 6.07 Å². The number of aromatic nitrogens is 4. The highest BCUT2D eigenvalue weighted by Gasteiger charge is 2.42. The number of hydrogen-bond donors (Lipinski definition) is 1. The van der Waals surface area contributed by atoms with Crippen LogP contribution in [0.1, 0.15) is 42.6 Å². The Kier molecular flexibility index (Phi) is 3.65. The van der Waals surface area contributed by atoms with Gasteiger partial charge < -0.3 is 9.47 Å². The van der Waals surface area contributed by atoms with Crippen molar-refractivity contribution in [2.24, 2.45) is 0 Å². The average Bonchev–Trinajstić information content (AvgIpc) is 3.38. The first kappa shape index (κ1) is 16.3. The van der Waals surface area contributed by atoms with Crippen molar-refractivity contribution in [2.45, 2.75) is 44.8 Å². The average molecular weight is 364 g/mol. The van der Waals surface area contributed by atoms with Crippen LogP contribution in [0.15, 0.2) is 41.3 Å². The van der Waals surface area contributed by atoms with Crippen molar-refractivity contribution in [3.8, 4) is 17.3 Å². The molecule has 2 aliphatic rings. The lowest BCUT2D eigenvalue weighted by atomic mass is 9.91. The van der Waals surface area contributed by atoms with Crippen molar-refractivity contribution in [1.29, 1.82) is 0 Å². The molecule has 0 amide bonds. The van der Waals surface area contributed by atoms with E-state index in [1.807, 2.05) is 6.07 Å². The number of benzene rings is 1. The lowest BCUT2D eigenvalue weighted by Gasteiger charge is -2.23. The second-order valence-electron chi connectivity index (χ2n) is 7.18. The van der Waals surface area contributed by atoms with Crippen LogP contribution in [0, 0.1) is 6.92 Å². The lowest BCUT2D eigenvalue weighted by Crippen LogP contribution is -2.20. The fourth-order valence-electron chi connectivity index (χ4n) is 4.19. The van der Waals surface area contributed by atoms with Crippen LogP contribution in [0.3, 0.4) is 0 Å². The molecule has 7 nitrogen and oxygen atoms in total. The number of nitrogens with one attached hydrogen (secondary N) is 1. The van der Waals surface area contributed by atoms with Crippen molar-refractivity contribution >= 4 is 0 Å². The van der Waals surface area contributed by atoms with Crippen LogP contribution >= 0.6 is 0 Å². The Balaban J connectivity index is 1.41. The first-order valence-electron chi connectivity index (χ1n) is 9.20. The van der Waals surface area contributed by atoms with Crippen LogP contribution in [0.5, 0.6) is 11.6 Å². The van der Waals surface area contributed by atoms with Gasteiger partial charge in [0.2, 0.25) is 5.88 Å². The molecule has 0 bridgehead atoms. The summed E-state index contributed by atoms with van der Waals surface area (Å²) in [6.45, 7) is 2.44. The van der Waals surface area contributed by atoms with Crippen molar-refractivity contribution in [2.75, 3.05) is 0 Å². The van der Waals surface area contributed by atoms with Crippen molar-refractivity contribution in [3.63, 3.8) is 0 Å². The van der Waals surface area contributed by atoms with Crippen LogP contribution in [0.2, 0.25) is 0 Å². The number of aromatic amines is 1. The zero-order chi connectivity index (χ0) is 18.4. The maximum absolute atomic E-state index is 11.8. The maximum Gasteiger partial charge on any atom is 0.347 e. The first-order chi connectivity index (χ1) is 13.1. The Morgan fingerprint density at radius 1 is 1.22 bits per heavy atom. The Bertz CT molecular complexity index is 1050. The molecular weight excluding hydrogens is 344 g/mol. The molecule has 138 valence electrons. The number of fused-ring (bicyclic) bond motifs is 2. The predicted octanol–water partition coefficient (Wildman–Crippen LogP) is 3.36. The van der Waals surface area contributed by atoms with Gasteiger partial charge in [0.05, 0.1) is 24.1 Å². The van der Waals surface area contributed by atoms with E-state index in [4.69, 9.17) is 9.47 Å². The summed E-state index contributed by atoms with van der Waals surface area (Å²) in [5.41, 5.74) is 2.75. The summed E-state index contributed by atoms with van der Waals surface area (Å²) in [6, 6.07) is 9.68. The molecule has 5 rings (SSSR count). The van der Waals surface area contributed by atoms with E-state index in [0.29, 0.717) is 24.0 Å². The fourth-order valence-corrected chi connectivity index (χ4v) is 4.19. The molecule has 1 aliphatic heterocycles. The zero-order valence-electron chi connectivity index (χ0n) is 15.1. The zero-order valence-corrected chi connectivity index (χ0v) is 15.1. The minimum absolute atomic E-state index is 0.119. The van der Waals surface area contributed by atoms with Crippen LogP contribution < -0.4 is 10.4 Å². The Labute approximate surface area is 156 Å². The first-order valence-corrected chi connectivity index (χ1v) is 9.20. The van der Waals surface area contributed by atoms with Gasteiger partial charge in [-0.2, -0.15) is 5.10 Å². The van der Waals surface area contributed by atoms with Gasteiger partial charge in [-0.05, 0) is 49.1 Å². The quantitative estimate of drug-likeness (QED) is 0.771. The molecule has 1 N–H and O–H groups in total. The smallest absolute Gasteiger partial charge is 0.347 e. The standard InChI is InChI=1S/C20H20N4O3/c1-13-22-23-19(25)24(13)15-5-7-18(21-11-15)27-16-6-4-14-12-26-20(17(14)10-16)8-2-3-9-20/h4-7,10-11H,2-3,8-9,12H2,1H3,(H,23,25). The van der Waals surface area contributed by atoms with Gasteiger partial charge in [0.15, 0.2) is 0 Å². The molecule has 27 heavy (non-hydrogen) atoms. The SMILES string of the molecule is Cc1n[nH]c(=O)n1-c1ccc(Oc2ccc3c(c2)C2(CCCC2)OC3)nc1. The normalized spacial score (nSPS) is 17.4. The van der Waals surface area contributed by atoms with E-state index < -0.39 is 0 Å². The highest BCUT2D eigenvalue weighted by Crippen LogP contribution is 2.49. The molecule has 2 aromatic heterocycles. The van der Waals surface area contributed by atoms with Gasteiger partial charge in [0.1, 0.15) is 11.6 Å². The minimum atomic E-state index is -0.288. The number of aryl methyl sites for hydroxylation is 1. The summed E-state index contributed by atoms with van der Waals surface area (Å²) < 4.78 is 13.6. The molecule has 1 aromatic carbocycles. The van der Waals surface area contributed by atoms with Gasteiger partial charge in [-0.15, -0.1) is 0 Å². The topological polar surface area (TPSA) is 82.0 Å². The molecule has 7 heteroatoms. The van der Waals surface area contributed by atoms with Gasteiger partial charge in [-0.1, -0.05) is 18.9 Å². The van der Waals surface area contributed by atoms with Crippen molar-refractivity contribution < 1.29 is 9.47 Å². The van der Waals surface area contributed by atoms with Gasteiger partial charge in [0.25, 0.3) is 0 Å². The summed E-state index contributed by atoms with van der Waals surface area (Å²) in [7, 11) is 0. The third-order valence-corrected chi connectivity index (χ3v) is 5.53. The molecule has 1 spiro atoms. The van der Waals surface area contributed by atoms with Crippen molar-refractivity contribution in [1.82, 2.24) is 19.7 Å². The third-order valence-electron chi connectivity index (χ3n) is 5.53. The number of hydrogen-bond acceptors (Lipinski definition) is 5. The molecule has 1 saturated carbocycles. The Morgan fingerprint density at radius 2 is 2.07 bits per heavy atom. The fraction of sp³-hybridized carbons (Fsp3) is 0.350. The number of H-pyrrole nitrogens is 1. The molecular formula is C20H20N4O3. The van der Waals surface area contributed by atoms with Gasteiger partial charge in [-0.25, -0.2) is 19.4 Å². The minimum Gasteiger partial charge on any atom is -0.439 e. The van der Waals surface area contributed by atoms with E-state index in [2.05, 4.69) is 27.3 Å². The monoisotopic (exact) mass is 364 g/mol. The molecule has 0 radical (unpaired) electrons. The van der Waals surface area contributed by atoms with E-state index in [-0.39, 0.29) is 11.3 Å².